The van der Waals surface area contributed by atoms with Crippen LogP contribution < -0.4 is 0 Å². The fourth-order valence-electron chi connectivity index (χ4n) is 3.78. The molecule has 0 saturated carbocycles. The van der Waals surface area contributed by atoms with Gasteiger partial charge >= 0.3 is 6.18 Å². The molecular weight excluding hydrogens is 445 g/mol. The number of rotatable bonds is 5. The van der Waals surface area contributed by atoms with Crippen LogP contribution in [0, 0.1) is 0 Å². The number of hydrogen-bond acceptors (Lipinski definition) is 5. The first-order chi connectivity index (χ1) is 16.1. The molecule has 7 nitrogen and oxygen atoms in total. The lowest BCUT2D eigenvalue weighted by atomic mass is 10.00. The van der Waals surface area contributed by atoms with Crippen LogP contribution in [0.25, 0.3) is 22.8 Å². The van der Waals surface area contributed by atoms with Crippen molar-refractivity contribution >= 4 is 5.91 Å². The Morgan fingerprint density at radius 2 is 1.88 bits per heavy atom. The second-order valence-corrected chi connectivity index (χ2v) is 8.45. The summed E-state index contributed by atoms with van der Waals surface area (Å²) in [5, 5.41) is 4.46. The fraction of sp³-hybridized carbons (Fsp3) is 0.333. The average molecular weight is 470 g/mol. The average Bonchev–Trinajstić information content (AvgIpc) is 3.23. The third-order valence-electron chi connectivity index (χ3n) is 5.53. The summed E-state index contributed by atoms with van der Waals surface area (Å²) in [6.45, 7) is 1.46. The molecule has 1 aliphatic rings. The largest absolute Gasteiger partial charge is 0.416 e. The molecule has 178 valence electrons. The number of carbonyl (C=O) groups excluding carboxylic acids is 1. The molecule has 0 N–H and O–H groups in total. The van der Waals surface area contributed by atoms with Crippen LogP contribution in [0.5, 0.6) is 0 Å². The molecule has 1 amide bonds. The highest BCUT2D eigenvalue weighted by molar-refractivity contribution is 5.87. The summed E-state index contributed by atoms with van der Waals surface area (Å²) < 4.78 is 40.7. The molecule has 0 spiro atoms. The first-order valence-electron chi connectivity index (χ1n) is 10.8. The Morgan fingerprint density at radius 1 is 1.15 bits per heavy atom. The summed E-state index contributed by atoms with van der Waals surface area (Å²) in [5.41, 5.74) is 2.58. The summed E-state index contributed by atoms with van der Waals surface area (Å²) in [6, 6.07) is 6.60. The molecule has 3 aromatic rings. The molecule has 4 rings (SSSR count). The van der Waals surface area contributed by atoms with Crippen LogP contribution in [-0.2, 0) is 31.0 Å². The molecule has 0 saturated heterocycles. The zero-order valence-corrected chi connectivity index (χ0v) is 19.2. The molecule has 0 aliphatic carbocycles. The molecule has 0 bridgehead atoms. The van der Waals surface area contributed by atoms with E-state index in [-0.39, 0.29) is 12.5 Å². The number of carbonyl (C=O) groups is 1. The number of fused-ring (bicyclic) bond motifs is 1. The number of aryl methyl sites for hydroxylation is 1. The minimum absolute atomic E-state index is 0.110. The number of likely N-dealkylation sites (N-methyl/N-ethyl adjacent to an activating group) is 1. The van der Waals surface area contributed by atoms with Crippen LogP contribution in [0.2, 0.25) is 0 Å². The smallest absolute Gasteiger partial charge is 0.333 e. The van der Waals surface area contributed by atoms with Crippen molar-refractivity contribution in [2.24, 2.45) is 7.05 Å². The van der Waals surface area contributed by atoms with Gasteiger partial charge < -0.3 is 9.80 Å². The van der Waals surface area contributed by atoms with E-state index in [4.69, 9.17) is 0 Å². The van der Waals surface area contributed by atoms with Crippen LogP contribution in [0.3, 0.4) is 0 Å². The van der Waals surface area contributed by atoms with Gasteiger partial charge in [-0.1, -0.05) is 18.2 Å². The van der Waals surface area contributed by atoms with Crippen molar-refractivity contribution in [3.63, 3.8) is 0 Å². The maximum absolute atomic E-state index is 13.0. The lowest BCUT2D eigenvalue weighted by molar-refractivity contribution is -0.137. The summed E-state index contributed by atoms with van der Waals surface area (Å²) in [4.78, 5) is 25.7. The number of alkyl halides is 3. The minimum Gasteiger partial charge on any atom is -0.333 e. The highest BCUT2D eigenvalue weighted by Crippen LogP contribution is 2.33. The molecule has 1 aromatic carbocycles. The SMILES string of the molecule is CN(C)C/C=C/C(=O)N1CCc2c(nc(-c3ccc(C(F)(F)F)cc3)nc2-c2ccn(C)n2)C1. The van der Waals surface area contributed by atoms with Crippen molar-refractivity contribution in [1.29, 1.82) is 0 Å². The van der Waals surface area contributed by atoms with Crippen LogP contribution >= 0.6 is 0 Å². The van der Waals surface area contributed by atoms with Crippen molar-refractivity contribution in [2.45, 2.75) is 19.1 Å². The van der Waals surface area contributed by atoms with Gasteiger partial charge in [-0.05, 0) is 38.7 Å². The van der Waals surface area contributed by atoms with Crippen molar-refractivity contribution in [3.05, 3.63) is 65.5 Å². The van der Waals surface area contributed by atoms with E-state index in [2.05, 4.69) is 15.1 Å². The standard InChI is InChI=1S/C24H25F3N6O/c1-31(2)12-4-5-21(34)33-14-10-18-20(15-33)28-23(29-22(18)19-11-13-32(3)30-19)16-6-8-17(9-7-16)24(25,26)27/h4-9,11,13H,10,12,14-15H2,1-3H3/b5-4+. The van der Waals surface area contributed by atoms with Gasteiger partial charge in [-0.25, -0.2) is 9.97 Å². The summed E-state index contributed by atoms with van der Waals surface area (Å²) in [6.07, 6.45) is 1.31. The first kappa shape index (κ1) is 23.6. The van der Waals surface area contributed by atoms with E-state index in [0.717, 1.165) is 17.7 Å². The fourth-order valence-corrected chi connectivity index (χ4v) is 3.78. The highest BCUT2D eigenvalue weighted by atomic mass is 19.4. The normalized spacial score (nSPS) is 14.1. The van der Waals surface area contributed by atoms with Gasteiger partial charge in [0.1, 0.15) is 5.69 Å². The van der Waals surface area contributed by atoms with E-state index in [1.54, 1.807) is 28.9 Å². The Morgan fingerprint density at radius 3 is 2.50 bits per heavy atom. The van der Waals surface area contributed by atoms with E-state index < -0.39 is 11.7 Å². The monoisotopic (exact) mass is 470 g/mol. The van der Waals surface area contributed by atoms with Crippen molar-refractivity contribution in [3.8, 4) is 22.8 Å². The van der Waals surface area contributed by atoms with Crippen LogP contribution in [0.1, 0.15) is 16.8 Å². The number of benzene rings is 1. The molecule has 34 heavy (non-hydrogen) atoms. The van der Waals surface area contributed by atoms with E-state index >= 15 is 0 Å². The maximum Gasteiger partial charge on any atom is 0.416 e. The van der Waals surface area contributed by atoms with Gasteiger partial charge in [-0.2, -0.15) is 18.3 Å². The van der Waals surface area contributed by atoms with Gasteiger partial charge in [-0.3, -0.25) is 9.48 Å². The highest BCUT2D eigenvalue weighted by Gasteiger charge is 2.30. The third-order valence-corrected chi connectivity index (χ3v) is 5.53. The molecule has 2 aromatic heterocycles. The molecular formula is C24H25F3N6O. The van der Waals surface area contributed by atoms with Gasteiger partial charge in [0.15, 0.2) is 5.82 Å². The number of nitrogens with zero attached hydrogens (tertiary/aromatic N) is 6. The Labute approximate surface area is 195 Å². The molecule has 3 heterocycles. The quantitative estimate of drug-likeness (QED) is 0.534. The summed E-state index contributed by atoms with van der Waals surface area (Å²) in [7, 11) is 5.64. The van der Waals surface area contributed by atoms with Crippen LogP contribution in [0.4, 0.5) is 13.2 Å². The first-order valence-corrected chi connectivity index (χ1v) is 10.8. The van der Waals surface area contributed by atoms with Gasteiger partial charge in [0.25, 0.3) is 0 Å². The molecule has 1 aliphatic heterocycles. The van der Waals surface area contributed by atoms with Gasteiger partial charge in [0, 0.05) is 43.5 Å². The Bertz CT molecular complexity index is 1210. The summed E-state index contributed by atoms with van der Waals surface area (Å²) >= 11 is 0. The number of aromatic nitrogens is 4. The molecule has 0 unspecified atom stereocenters. The van der Waals surface area contributed by atoms with Crippen molar-refractivity contribution in [1.82, 2.24) is 29.5 Å². The van der Waals surface area contributed by atoms with E-state index in [1.807, 2.05) is 31.1 Å². The number of halogens is 3. The third kappa shape index (κ3) is 5.17. The zero-order chi connectivity index (χ0) is 24.5. The van der Waals surface area contributed by atoms with Crippen molar-refractivity contribution < 1.29 is 18.0 Å². The molecule has 0 atom stereocenters. The van der Waals surface area contributed by atoms with E-state index in [0.29, 0.717) is 48.0 Å². The van der Waals surface area contributed by atoms with Crippen LogP contribution in [0.15, 0.2) is 48.7 Å². The number of hydrogen-bond donors (Lipinski definition) is 0. The second-order valence-electron chi connectivity index (χ2n) is 8.45. The Kier molecular flexibility index (Phi) is 6.52. The van der Waals surface area contributed by atoms with Gasteiger partial charge in [-0.15, -0.1) is 0 Å². The van der Waals surface area contributed by atoms with E-state index in [9.17, 15) is 18.0 Å². The molecule has 10 heteroatoms. The second kappa shape index (κ2) is 9.38. The predicted octanol–water partition coefficient (Wildman–Crippen LogP) is 3.57. The van der Waals surface area contributed by atoms with Gasteiger partial charge in [0.05, 0.1) is 23.5 Å². The molecule has 0 fully saturated rings. The van der Waals surface area contributed by atoms with Crippen molar-refractivity contribution in [2.75, 3.05) is 27.2 Å². The Balaban J connectivity index is 1.71. The minimum atomic E-state index is -4.42. The predicted molar refractivity (Wildman–Crippen MR) is 121 cm³/mol. The Hall–Kier alpha value is -3.53. The summed E-state index contributed by atoms with van der Waals surface area (Å²) in [5.74, 6) is 0.187. The van der Waals surface area contributed by atoms with Gasteiger partial charge in [0.2, 0.25) is 5.91 Å². The molecule has 0 radical (unpaired) electrons. The lowest BCUT2D eigenvalue weighted by Gasteiger charge is -2.28. The number of amides is 1. The van der Waals surface area contributed by atoms with Crippen LogP contribution in [-0.4, -0.2) is 62.6 Å². The van der Waals surface area contributed by atoms with E-state index in [1.165, 1.54) is 12.1 Å². The maximum atomic E-state index is 13.0. The zero-order valence-electron chi connectivity index (χ0n) is 19.2. The topological polar surface area (TPSA) is 67.2 Å². The lowest BCUT2D eigenvalue weighted by Crippen LogP contribution is -2.36.